The van der Waals surface area contributed by atoms with E-state index >= 15 is 0 Å². The van der Waals surface area contributed by atoms with Gasteiger partial charge in [-0.1, -0.05) is 18.0 Å². The molecule has 0 spiro atoms. The fraction of sp³-hybridized carbons (Fsp3) is 1.00. The fourth-order valence-electron chi connectivity index (χ4n) is 1.29. The van der Waals surface area contributed by atoms with E-state index < -0.39 is 11.1 Å². The molecule has 1 aliphatic heterocycles. The first kappa shape index (κ1) is 13.1. The molecule has 0 aromatic rings. The van der Waals surface area contributed by atoms with Gasteiger partial charge in [-0.25, -0.2) is 0 Å². The number of hydrogen-bond donors (Lipinski definition) is 0. The van der Waals surface area contributed by atoms with Gasteiger partial charge in [0, 0.05) is 19.0 Å². The largest absolute Gasteiger partial charge is 1.00 e. The van der Waals surface area contributed by atoms with Crippen LogP contribution in [-0.2, 0) is 15.8 Å². The summed E-state index contributed by atoms with van der Waals surface area (Å²) in [6, 6.07) is 0. The van der Waals surface area contributed by atoms with Gasteiger partial charge in [0.1, 0.15) is 0 Å². The Kier molecular flexibility index (Phi) is 6.24. The zero-order chi connectivity index (χ0) is 8.32. The van der Waals surface area contributed by atoms with Crippen LogP contribution in [0.25, 0.3) is 0 Å². The zero-order valence-corrected chi connectivity index (χ0v) is 10.5. The van der Waals surface area contributed by atoms with Crippen LogP contribution < -0.4 is 29.6 Å². The van der Waals surface area contributed by atoms with Crippen LogP contribution in [-0.4, -0.2) is 27.7 Å². The summed E-state index contributed by atoms with van der Waals surface area (Å²) >= 11 is -1.91. The molecular formula is C7H13NaO3S. The Balaban J connectivity index is 0.00000121. The van der Waals surface area contributed by atoms with Gasteiger partial charge in [0.2, 0.25) is 0 Å². The van der Waals surface area contributed by atoms with E-state index in [1.54, 1.807) is 0 Å². The molecule has 12 heavy (non-hydrogen) atoms. The van der Waals surface area contributed by atoms with E-state index in [-0.39, 0.29) is 40.7 Å². The standard InChI is InChI=1S/C7H14O3S.Na/c1-7(6-11(8)9)2-4-10-5-3-7;/h2-6H2,1H3,(H,8,9);/q;+1/p-1. The average Bonchev–Trinajstić information content (AvgIpc) is 1.85. The molecule has 0 amide bonds. The maximum absolute atomic E-state index is 10.4. The predicted octanol–water partition coefficient (Wildman–Crippen LogP) is -2.31. The summed E-state index contributed by atoms with van der Waals surface area (Å²) in [4.78, 5) is 0. The molecule has 1 heterocycles. The van der Waals surface area contributed by atoms with E-state index in [0.717, 1.165) is 12.8 Å². The molecule has 1 unspecified atom stereocenters. The van der Waals surface area contributed by atoms with Crippen molar-refractivity contribution in [1.29, 1.82) is 0 Å². The fourth-order valence-corrected chi connectivity index (χ4v) is 2.15. The first-order chi connectivity index (χ1) is 5.12. The summed E-state index contributed by atoms with van der Waals surface area (Å²) in [6.45, 7) is 3.41. The maximum atomic E-state index is 10.4. The monoisotopic (exact) mass is 200 g/mol. The summed E-state index contributed by atoms with van der Waals surface area (Å²) in [6.07, 6.45) is 1.72. The molecule has 0 aliphatic carbocycles. The van der Waals surface area contributed by atoms with Crippen LogP contribution in [0.4, 0.5) is 0 Å². The molecule has 1 atom stereocenters. The second-order valence-electron chi connectivity index (χ2n) is 3.37. The Hall–Kier alpha value is 1.07. The average molecular weight is 200 g/mol. The van der Waals surface area contributed by atoms with Crippen molar-refractivity contribution in [3.63, 3.8) is 0 Å². The van der Waals surface area contributed by atoms with E-state index in [2.05, 4.69) is 0 Å². The minimum absolute atomic E-state index is 0. The van der Waals surface area contributed by atoms with Crippen LogP contribution in [0.1, 0.15) is 19.8 Å². The molecule has 0 bridgehead atoms. The first-order valence-electron chi connectivity index (χ1n) is 3.76. The summed E-state index contributed by atoms with van der Waals surface area (Å²) in [5.74, 6) is 0.274. The maximum Gasteiger partial charge on any atom is 1.00 e. The van der Waals surface area contributed by atoms with Crippen LogP contribution in [0.15, 0.2) is 0 Å². The second-order valence-corrected chi connectivity index (χ2v) is 4.27. The van der Waals surface area contributed by atoms with E-state index in [4.69, 9.17) is 4.74 Å². The number of rotatable bonds is 2. The normalized spacial score (nSPS) is 24.2. The van der Waals surface area contributed by atoms with Crippen LogP contribution in [0.3, 0.4) is 0 Å². The SMILES string of the molecule is CC1(CS(=O)[O-])CCOCC1.[Na+]. The summed E-state index contributed by atoms with van der Waals surface area (Å²) < 4.78 is 26.0. The van der Waals surface area contributed by atoms with E-state index in [9.17, 15) is 8.76 Å². The number of ether oxygens (including phenoxy) is 1. The van der Waals surface area contributed by atoms with Crippen molar-refractivity contribution in [3.05, 3.63) is 0 Å². The van der Waals surface area contributed by atoms with Gasteiger partial charge in [-0.3, -0.25) is 4.21 Å². The molecule has 0 saturated carbocycles. The topological polar surface area (TPSA) is 49.4 Å². The molecule has 0 aromatic carbocycles. The number of hydrogen-bond acceptors (Lipinski definition) is 3. The molecule has 1 fully saturated rings. The Morgan fingerprint density at radius 1 is 1.50 bits per heavy atom. The van der Waals surface area contributed by atoms with Gasteiger partial charge in [-0.05, 0) is 18.3 Å². The quantitative estimate of drug-likeness (QED) is 0.371. The minimum Gasteiger partial charge on any atom is -0.772 e. The van der Waals surface area contributed by atoms with Crippen LogP contribution in [0, 0.1) is 5.41 Å². The molecule has 5 heteroatoms. The van der Waals surface area contributed by atoms with E-state index in [1.807, 2.05) is 6.92 Å². The van der Waals surface area contributed by atoms with Crippen LogP contribution in [0.5, 0.6) is 0 Å². The summed E-state index contributed by atoms with van der Waals surface area (Å²) in [5, 5.41) is 0. The van der Waals surface area contributed by atoms with Crippen molar-refractivity contribution in [1.82, 2.24) is 0 Å². The zero-order valence-electron chi connectivity index (χ0n) is 7.67. The van der Waals surface area contributed by atoms with Crippen molar-refractivity contribution >= 4 is 11.1 Å². The molecule has 0 N–H and O–H groups in total. The van der Waals surface area contributed by atoms with Crippen molar-refractivity contribution in [2.24, 2.45) is 5.41 Å². The Morgan fingerprint density at radius 3 is 2.42 bits per heavy atom. The second kappa shape index (κ2) is 5.73. The van der Waals surface area contributed by atoms with Crippen molar-refractivity contribution in [3.8, 4) is 0 Å². The van der Waals surface area contributed by atoms with E-state index in [1.165, 1.54) is 0 Å². The van der Waals surface area contributed by atoms with Crippen molar-refractivity contribution < 1.29 is 43.1 Å². The van der Waals surface area contributed by atoms with Gasteiger partial charge in [-0.15, -0.1) is 0 Å². The molecule has 1 rings (SSSR count). The van der Waals surface area contributed by atoms with Gasteiger partial charge >= 0.3 is 29.6 Å². The molecule has 1 saturated heterocycles. The third kappa shape index (κ3) is 4.35. The van der Waals surface area contributed by atoms with Crippen LogP contribution in [0.2, 0.25) is 0 Å². The smallest absolute Gasteiger partial charge is 0.772 e. The Bertz CT molecular complexity index is 157. The van der Waals surface area contributed by atoms with Gasteiger partial charge in [0.15, 0.2) is 0 Å². The molecule has 66 valence electrons. The van der Waals surface area contributed by atoms with Crippen LogP contribution >= 0.6 is 0 Å². The summed E-state index contributed by atoms with van der Waals surface area (Å²) in [7, 11) is 0. The van der Waals surface area contributed by atoms with Gasteiger partial charge < -0.3 is 9.29 Å². The van der Waals surface area contributed by atoms with Crippen molar-refractivity contribution in [2.75, 3.05) is 19.0 Å². The predicted molar refractivity (Wildman–Crippen MR) is 41.9 cm³/mol. The molecule has 0 radical (unpaired) electrons. The third-order valence-corrected chi connectivity index (χ3v) is 3.10. The van der Waals surface area contributed by atoms with Crippen molar-refractivity contribution in [2.45, 2.75) is 19.8 Å². The third-order valence-electron chi connectivity index (χ3n) is 2.17. The van der Waals surface area contributed by atoms with Gasteiger partial charge in [0.25, 0.3) is 0 Å². The minimum atomic E-state index is -1.91. The van der Waals surface area contributed by atoms with Gasteiger partial charge in [-0.2, -0.15) is 0 Å². The first-order valence-corrected chi connectivity index (χ1v) is 5.00. The molecule has 0 aromatic heterocycles. The Labute approximate surface area is 97.8 Å². The molecule has 3 nitrogen and oxygen atoms in total. The Morgan fingerprint density at radius 2 is 2.00 bits per heavy atom. The van der Waals surface area contributed by atoms with E-state index in [0.29, 0.717) is 13.2 Å². The molecular weight excluding hydrogens is 187 g/mol. The summed E-state index contributed by atoms with van der Waals surface area (Å²) in [5.41, 5.74) is -0.0368. The molecule has 1 aliphatic rings. The van der Waals surface area contributed by atoms with Gasteiger partial charge in [0.05, 0.1) is 0 Å².